The first-order chi connectivity index (χ1) is 12.7. The molecule has 0 aliphatic rings. The van der Waals surface area contributed by atoms with Gasteiger partial charge in [0, 0.05) is 17.3 Å². The third-order valence-electron chi connectivity index (χ3n) is 3.45. The highest BCUT2D eigenvalue weighted by molar-refractivity contribution is 5.89. The number of hydrogen-bond donors (Lipinski definition) is 2. The van der Waals surface area contributed by atoms with Gasteiger partial charge in [0.1, 0.15) is 12.4 Å². The molecule has 0 bridgehead atoms. The van der Waals surface area contributed by atoms with Crippen LogP contribution in [0.2, 0.25) is 0 Å². The van der Waals surface area contributed by atoms with E-state index < -0.39 is 6.03 Å². The number of nitrogens with one attached hydrogen (secondary N) is 2. The van der Waals surface area contributed by atoms with Crippen molar-refractivity contribution in [2.45, 2.75) is 0 Å². The van der Waals surface area contributed by atoms with Crippen LogP contribution in [0.5, 0.6) is 5.88 Å². The molecule has 0 aliphatic carbocycles. The van der Waals surface area contributed by atoms with Gasteiger partial charge in [-0.1, -0.05) is 30.3 Å². The standard InChI is InChI=1S/C19H17FN4O2/c20-15-6-8-16(9-7-15)22-19(25)21-12-13-26-18-11-10-17(23-24-18)14-4-2-1-3-5-14/h1-11H,12-13H2,(H2,21,22,25). The molecule has 0 aliphatic heterocycles. The van der Waals surface area contributed by atoms with Crippen molar-refractivity contribution in [3.63, 3.8) is 0 Å². The van der Waals surface area contributed by atoms with Gasteiger partial charge in [0.2, 0.25) is 5.88 Å². The molecule has 132 valence electrons. The average Bonchev–Trinajstić information content (AvgIpc) is 2.68. The van der Waals surface area contributed by atoms with Crippen LogP contribution in [0.1, 0.15) is 0 Å². The number of aromatic nitrogens is 2. The third kappa shape index (κ3) is 5.01. The van der Waals surface area contributed by atoms with Crippen LogP contribution in [-0.2, 0) is 0 Å². The Bertz CT molecular complexity index is 840. The van der Waals surface area contributed by atoms with E-state index in [0.29, 0.717) is 11.6 Å². The lowest BCUT2D eigenvalue weighted by Crippen LogP contribution is -2.32. The van der Waals surface area contributed by atoms with Crippen molar-refractivity contribution in [3.05, 3.63) is 72.5 Å². The topological polar surface area (TPSA) is 76.1 Å². The molecule has 2 N–H and O–H groups in total. The van der Waals surface area contributed by atoms with Gasteiger partial charge >= 0.3 is 6.03 Å². The molecule has 0 fully saturated rings. The molecule has 1 heterocycles. The first-order valence-corrected chi connectivity index (χ1v) is 8.03. The highest BCUT2D eigenvalue weighted by Crippen LogP contribution is 2.16. The highest BCUT2D eigenvalue weighted by Gasteiger charge is 2.03. The zero-order chi connectivity index (χ0) is 18.2. The van der Waals surface area contributed by atoms with Gasteiger partial charge in [-0.3, -0.25) is 0 Å². The summed E-state index contributed by atoms with van der Waals surface area (Å²) in [5, 5.41) is 13.4. The van der Waals surface area contributed by atoms with Crippen LogP contribution in [0.3, 0.4) is 0 Å². The van der Waals surface area contributed by atoms with E-state index in [1.54, 1.807) is 6.07 Å². The molecule has 1 aromatic heterocycles. The molecule has 2 aromatic carbocycles. The minimum atomic E-state index is -0.397. The van der Waals surface area contributed by atoms with E-state index in [9.17, 15) is 9.18 Å². The van der Waals surface area contributed by atoms with Crippen molar-refractivity contribution in [2.24, 2.45) is 0 Å². The molecule has 0 unspecified atom stereocenters. The van der Waals surface area contributed by atoms with Crippen molar-refractivity contribution < 1.29 is 13.9 Å². The number of nitrogens with zero attached hydrogens (tertiary/aromatic N) is 2. The summed E-state index contributed by atoms with van der Waals surface area (Å²) in [5.74, 6) is 0.0224. The summed E-state index contributed by atoms with van der Waals surface area (Å²) in [6.45, 7) is 0.533. The molecule has 0 atom stereocenters. The lowest BCUT2D eigenvalue weighted by Gasteiger charge is -2.08. The van der Waals surface area contributed by atoms with Gasteiger partial charge in [0.15, 0.2) is 0 Å². The van der Waals surface area contributed by atoms with Crippen LogP contribution in [-0.4, -0.2) is 29.4 Å². The van der Waals surface area contributed by atoms with Crippen molar-refractivity contribution in [2.75, 3.05) is 18.5 Å². The fourth-order valence-corrected chi connectivity index (χ4v) is 2.19. The predicted molar refractivity (Wildman–Crippen MR) is 96.4 cm³/mol. The highest BCUT2D eigenvalue weighted by atomic mass is 19.1. The van der Waals surface area contributed by atoms with E-state index in [1.165, 1.54) is 24.3 Å². The Hall–Kier alpha value is -3.48. The Morgan fingerprint density at radius 1 is 0.962 bits per heavy atom. The Balaban J connectivity index is 1.40. The number of ether oxygens (including phenoxy) is 1. The first-order valence-electron chi connectivity index (χ1n) is 8.03. The first kappa shape index (κ1) is 17.3. The lowest BCUT2D eigenvalue weighted by molar-refractivity contribution is 0.246. The molecule has 3 rings (SSSR count). The zero-order valence-electron chi connectivity index (χ0n) is 13.9. The van der Waals surface area contributed by atoms with Crippen LogP contribution in [0.15, 0.2) is 66.7 Å². The average molecular weight is 352 g/mol. The number of urea groups is 1. The van der Waals surface area contributed by atoms with Gasteiger partial charge in [0.05, 0.1) is 12.2 Å². The van der Waals surface area contributed by atoms with Gasteiger partial charge in [-0.15, -0.1) is 10.2 Å². The normalized spacial score (nSPS) is 10.2. The lowest BCUT2D eigenvalue weighted by atomic mass is 10.1. The third-order valence-corrected chi connectivity index (χ3v) is 3.45. The fourth-order valence-electron chi connectivity index (χ4n) is 2.19. The van der Waals surface area contributed by atoms with Crippen LogP contribution in [0.25, 0.3) is 11.3 Å². The Kier molecular flexibility index (Phi) is 5.72. The van der Waals surface area contributed by atoms with Gasteiger partial charge in [0.25, 0.3) is 0 Å². The van der Waals surface area contributed by atoms with E-state index in [2.05, 4.69) is 20.8 Å². The molecule has 0 saturated carbocycles. The molecule has 2 amide bonds. The van der Waals surface area contributed by atoms with Crippen molar-refractivity contribution in [3.8, 4) is 17.1 Å². The SMILES string of the molecule is O=C(NCCOc1ccc(-c2ccccc2)nn1)Nc1ccc(F)cc1. The van der Waals surface area contributed by atoms with E-state index in [1.807, 2.05) is 36.4 Å². The summed E-state index contributed by atoms with van der Waals surface area (Å²) in [6.07, 6.45) is 0. The van der Waals surface area contributed by atoms with Gasteiger partial charge in [-0.25, -0.2) is 9.18 Å². The van der Waals surface area contributed by atoms with Crippen LogP contribution in [0, 0.1) is 5.82 Å². The molecular weight excluding hydrogens is 335 g/mol. The van der Waals surface area contributed by atoms with Gasteiger partial charge < -0.3 is 15.4 Å². The van der Waals surface area contributed by atoms with Crippen LogP contribution < -0.4 is 15.4 Å². The van der Waals surface area contributed by atoms with Gasteiger partial charge in [-0.2, -0.15) is 0 Å². The summed E-state index contributed by atoms with van der Waals surface area (Å²) in [4.78, 5) is 11.7. The zero-order valence-corrected chi connectivity index (χ0v) is 13.9. The number of rotatable bonds is 6. The number of anilines is 1. The summed E-state index contributed by atoms with van der Waals surface area (Å²) < 4.78 is 18.2. The second-order valence-electron chi connectivity index (χ2n) is 5.36. The maximum Gasteiger partial charge on any atom is 0.319 e. The Morgan fingerprint density at radius 2 is 1.73 bits per heavy atom. The van der Waals surface area contributed by atoms with E-state index >= 15 is 0 Å². The smallest absolute Gasteiger partial charge is 0.319 e. The monoisotopic (exact) mass is 352 g/mol. The van der Waals surface area contributed by atoms with Crippen LogP contribution in [0.4, 0.5) is 14.9 Å². The summed E-state index contributed by atoms with van der Waals surface area (Å²) in [6, 6.07) is 18.4. The Labute approximate surface area is 150 Å². The molecule has 26 heavy (non-hydrogen) atoms. The maximum atomic E-state index is 12.8. The molecular formula is C19H17FN4O2. The van der Waals surface area contributed by atoms with Crippen LogP contribution >= 0.6 is 0 Å². The number of carbonyl (C=O) groups is 1. The number of hydrogen-bond acceptors (Lipinski definition) is 4. The van der Waals surface area contributed by atoms with E-state index in [0.717, 1.165) is 11.3 Å². The number of amides is 2. The summed E-state index contributed by atoms with van der Waals surface area (Å²) in [5.41, 5.74) is 2.24. The number of halogens is 1. The number of benzene rings is 2. The molecule has 0 radical (unpaired) electrons. The van der Waals surface area contributed by atoms with Crippen molar-refractivity contribution in [1.82, 2.24) is 15.5 Å². The quantitative estimate of drug-likeness (QED) is 0.666. The molecule has 3 aromatic rings. The molecule has 7 heteroatoms. The number of carbonyl (C=O) groups excluding carboxylic acids is 1. The van der Waals surface area contributed by atoms with Crippen molar-refractivity contribution >= 4 is 11.7 Å². The molecule has 6 nitrogen and oxygen atoms in total. The predicted octanol–water partition coefficient (Wildman–Crippen LogP) is 3.48. The van der Waals surface area contributed by atoms with Crippen molar-refractivity contribution in [1.29, 1.82) is 0 Å². The summed E-state index contributed by atoms with van der Waals surface area (Å²) >= 11 is 0. The second-order valence-corrected chi connectivity index (χ2v) is 5.36. The largest absolute Gasteiger partial charge is 0.475 e. The minimum absolute atomic E-state index is 0.246. The maximum absolute atomic E-state index is 12.8. The Morgan fingerprint density at radius 3 is 2.42 bits per heavy atom. The minimum Gasteiger partial charge on any atom is -0.475 e. The van der Waals surface area contributed by atoms with Gasteiger partial charge in [-0.05, 0) is 30.3 Å². The van der Waals surface area contributed by atoms with E-state index in [4.69, 9.17) is 4.74 Å². The molecule has 0 saturated heterocycles. The second kappa shape index (κ2) is 8.57. The summed E-state index contributed by atoms with van der Waals surface area (Å²) in [7, 11) is 0. The van der Waals surface area contributed by atoms with E-state index in [-0.39, 0.29) is 19.0 Å². The molecule has 0 spiro atoms. The fraction of sp³-hybridized carbons (Fsp3) is 0.105.